The summed E-state index contributed by atoms with van der Waals surface area (Å²) in [5.41, 5.74) is 2.00. The highest BCUT2D eigenvalue weighted by Crippen LogP contribution is 2.28. The van der Waals surface area contributed by atoms with E-state index in [2.05, 4.69) is 22.2 Å². The van der Waals surface area contributed by atoms with Crippen LogP contribution in [-0.2, 0) is 13.0 Å². The number of aromatic nitrogens is 4. The van der Waals surface area contributed by atoms with Gasteiger partial charge < -0.3 is 4.74 Å². The van der Waals surface area contributed by atoms with E-state index in [0.717, 1.165) is 45.5 Å². The van der Waals surface area contributed by atoms with Crippen LogP contribution in [-0.4, -0.2) is 19.8 Å². The summed E-state index contributed by atoms with van der Waals surface area (Å²) in [7, 11) is 0. The zero-order valence-electron chi connectivity index (χ0n) is 14.2. The van der Waals surface area contributed by atoms with Crippen LogP contribution in [0.1, 0.15) is 24.7 Å². The summed E-state index contributed by atoms with van der Waals surface area (Å²) in [4.78, 5) is 0.822. The number of hydrogen-bond acceptors (Lipinski definition) is 5. The molecule has 0 saturated heterocycles. The van der Waals surface area contributed by atoms with E-state index >= 15 is 0 Å². The lowest BCUT2D eigenvalue weighted by atomic mass is 10.2. The van der Waals surface area contributed by atoms with E-state index in [9.17, 15) is 0 Å². The molecule has 2 aromatic carbocycles. The van der Waals surface area contributed by atoms with E-state index in [1.54, 1.807) is 0 Å². The second-order valence-electron chi connectivity index (χ2n) is 5.87. The standard InChI is InChI=1S/C19H17ClN4OS/c1-2-5-17-21-22-19-24(17)23-18(26-19)13-8-10-15(11-9-13)25-12-14-6-3-4-7-16(14)20/h3-4,6-11H,2,5,12H2,1H3. The predicted molar refractivity (Wildman–Crippen MR) is 104 cm³/mol. The van der Waals surface area contributed by atoms with Crippen LogP contribution in [0.4, 0.5) is 0 Å². The first-order chi connectivity index (χ1) is 12.7. The molecule has 0 fully saturated rings. The van der Waals surface area contributed by atoms with Gasteiger partial charge in [-0.1, -0.05) is 48.1 Å². The molecule has 2 aromatic heterocycles. The highest BCUT2D eigenvalue weighted by Gasteiger charge is 2.12. The average Bonchev–Trinajstić information content (AvgIpc) is 3.24. The SMILES string of the molecule is CCCc1nnc2sc(-c3ccc(OCc4ccccc4Cl)cc3)nn12. The molecule has 5 nitrogen and oxygen atoms in total. The van der Waals surface area contributed by atoms with Crippen LogP contribution in [0.3, 0.4) is 0 Å². The van der Waals surface area contributed by atoms with Crippen LogP contribution in [0.2, 0.25) is 5.02 Å². The van der Waals surface area contributed by atoms with Gasteiger partial charge in [-0.3, -0.25) is 0 Å². The lowest BCUT2D eigenvalue weighted by Gasteiger charge is -2.08. The number of benzene rings is 2. The minimum absolute atomic E-state index is 0.441. The highest BCUT2D eigenvalue weighted by atomic mass is 35.5. The van der Waals surface area contributed by atoms with Gasteiger partial charge >= 0.3 is 0 Å². The van der Waals surface area contributed by atoms with Crippen LogP contribution < -0.4 is 4.74 Å². The molecule has 26 heavy (non-hydrogen) atoms. The lowest BCUT2D eigenvalue weighted by molar-refractivity contribution is 0.306. The third kappa shape index (κ3) is 3.43. The quantitative estimate of drug-likeness (QED) is 0.467. The second kappa shape index (κ2) is 7.43. The summed E-state index contributed by atoms with van der Waals surface area (Å²) >= 11 is 7.69. The van der Waals surface area contributed by atoms with Crippen molar-refractivity contribution in [2.75, 3.05) is 0 Å². The Kier molecular flexibility index (Phi) is 4.86. The maximum Gasteiger partial charge on any atom is 0.234 e. The summed E-state index contributed by atoms with van der Waals surface area (Å²) in [5, 5.41) is 14.7. The molecule has 4 rings (SSSR count). The van der Waals surface area contributed by atoms with E-state index in [0.29, 0.717) is 11.6 Å². The first-order valence-electron chi connectivity index (χ1n) is 8.42. The maximum atomic E-state index is 6.16. The van der Waals surface area contributed by atoms with Gasteiger partial charge in [0.05, 0.1) is 0 Å². The van der Waals surface area contributed by atoms with Crippen molar-refractivity contribution in [1.82, 2.24) is 19.8 Å². The Hall–Kier alpha value is -2.44. The minimum Gasteiger partial charge on any atom is -0.489 e. The highest BCUT2D eigenvalue weighted by molar-refractivity contribution is 7.19. The van der Waals surface area contributed by atoms with E-state index in [1.165, 1.54) is 11.3 Å². The van der Waals surface area contributed by atoms with Crippen molar-refractivity contribution in [3.63, 3.8) is 0 Å². The van der Waals surface area contributed by atoms with Gasteiger partial charge in [-0.05, 0) is 36.8 Å². The molecule has 0 unspecified atom stereocenters. The van der Waals surface area contributed by atoms with Crippen molar-refractivity contribution >= 4 is 27.9 Å². The number of fused-ring (bicyclic) bond motifs is 1. The summed E-state index contributed by atoms with van der Waals surface area (Å²) in [6, 6.07) is 15.6. The summed E-state index contributed by atoms with van der Waals surface area (Å²) in [6.07, 6.45) is 1.89. The zero-order valence-corrected chi connectivity index (χ0v) is 15.8. The summed E-state index contributed by atoms with van der Waals surface area (Å²) in [5.74, 6) is 1.70. The lowest BCUT2D eigenvalue weighted by Crippen LogP contribution is -1.96. The molecular formula is C19H17ClN4OS. The molecule has 0 saturated carbocycles. The molecular weight excluding hydrogens is 368 g/mol. The normalized spacial score (nSPS) is 11.2. The van der Waals surface area contributed by atoms with Crippen LogP contribution in [0.15, 0.2) is 48.5 Å². The van der Waals surface area contributed by atoms with Crippen LogP contribution in [0.5, 0.6) is 5.75 Å². The summed E-state index contributed by atoms with van der Waals surface area (Å²) in [6.45, 7) is 2.56. The molecule has 0 aliphatic heterocycles. The number of halogens is 1. The van der Waals surface area contributed by atoms with Gasteiger partial charge in [-0.15, -0.1) is 10.2 Å². The van der Waals surface area contributed by atoms with Crippen molar-refractivity contribution < 1.29 is 4.74 Å². The molecule has 0 spiro atoms. The largest absolute Gasteiger partial charge is 0.489 e. The van der Waals surface area contributed by atoms with Crippen molar-refractivity contribution in [2.24, 2.45) is 0 Å². The topological polar surface area (TPSA) is 52.3 Å². The fourth-order valence-electron chi connectivity index (χ4n) is 2.62. The molecule has 0 radical (unpaired) electrons. The van der Waals surface area contributed by atoms with E-state index in [1.807, 2.05) is 53.0 Å². The van der Waals surface area contributed by atoms with Crippen molar-refractivity contribution in [3.8, 4) is 16.3 Å². The number of ether oxygens (including phenoxy) is 1. The molecule has 7 heteroatoms. The molecule has 4 aromatic rings. The molecule has 0 bridgehead atoms. The van der Waals surface area contributed by atoms with Crippen LogP contribution in [0, 0.1) is 0 Å². The van der Waals surface area contributed by atoms with Crippen molar-refractivity contribution in [1.29, 1.82) is 0 Å². The molecule has 132 valence electrons. The first kappa shape index (κ1) is 17.0. The molecule has 0 aliphatic rings. The van der Waals surface area contributed by atoms with Gasteiger partial charge in [-0.25, -0.2) is 0 Å². The van der Waals surface area contributed by atoms with Crippen molar-refractivity contribution in [3.05, 3.63) is 64.9 Å². The molecule has 0 atom stereocenters. The van der Waals surface area contributed by atoms with Gasteiger partial charge in [0, 0.05) is 22.6 Å². The third-order valence-corrected chi connectivity index (χ3v) is 5.30. The smallest absolute Gasteiger partial charge is 0.234 e. The first-order valence-corrected chi connectivity index (χ1v) is 9.62. The predicted octanol–water partition coefficient (Wildman–Crippen LogP) is 5.04. The number of nitrogens with zero attached hydrogens (tertiary/aromatic N) is 4. The monoisotopic (exact) mass is 384 g/mol. The van der Waals surface area contributed by atoms with Gasteiger partial charge in [0.25, 0.3) is 0 Å². The fourth-order valence-corrected chi connectivity index (χ4v) is 3.68. The van der Waals surface area contributed by atoms with E-state index < -0.39 is 0 Å². The second-order valence-corrected chi connectivity index (χ2v) is 7.24. The van der Waals surface area contributed by atoms with Gasteiger partial charge in [0.15, 0.2) is 5.82 Å². The Morgan fingerprint density at radius 1 is 1.08 bits per heavy atom. The average molecular weight is 385 g/mol. The van der Waals surface area contributed by atoms with Crippen LogP contribution >= 0.6 is 22.9 Å². The summed E-state index contributed by atoms with van der Waals surface area (Å²) < 4.78 is 7.67. The van der Waals surface area contributed by atoms with E-state index in [-0.39, 0.29) is 0 Å². The fraction of sp³-hybridized carbons (Fsp3) is 0.211. The third-order valence-electron chi connectivity index (χ3n) is 3.98. The molecule has 0 aliphatic carbocycles. The number of aryl methyl sites for hydroxylation is 1. The Balaban J connectivity index is 1.50. The molecule has 0 amide bonds. The Bertz CT molecular complexity index is 1030. The molecule has 0 N–H and O–H groups in total. The molecule has 2 heterocycles. The Morgan fingerprint density at radius 2 is 1.88 bits per heavy atom. The van der Waals surface area contributed by atoms with E-state index in [4.69, 9.17) is 16.3 Å². The maximum absolute atomic E-state index is 6.16. The van der Waals surface area contributed by atoms with Gasteiger partial charge in [-0.2, -0.15) is 9.61 Å². The Labute approximate surface area is 160 Å². The minimum atomic E-state index is 0.441. The zero-order chi connectivity index (χ0) is 17.9. The van der Waals surface area contributed by atoms with Crippen molar-refractivity contribution in [2.45, 2.75) is 26.4 Å². The number of rotatable bonds is 6. The van der Waals surface area contributed by atoms with Gasteiger partial charge in [0.2, 0.25) is 4.96 Å². The number of hydrogen-bond donors (Lipinski definition) is 0. The Morgan fingerprint density at radius 3 is 2.65 bits per heavy atom. The van der Waals surface area contributed by atoms with Crippen LogP contribution in [0.25, 0.3) is 15.5 Å². The van der Waals surface area contributed by atoms with Gasteiger partial charge in [0.1, 0.15) is 17.4 Å².